The molecule has 0 aliphatic carbocycles. The third-order valence-electron chi connectivity index (χ3n) is 4.76. The molecule has 0 saturated heterocycles. The van der Waals surface area contributed by atoms with E-state index in [1.807, 2.05) is 18.3 Å². The minimum atomic E-state index is 0.189. The van der Waals surface area contributed by atoms with Gasteiger partial charge in [0, 0.05) is 30.4 Å². The van der Waals surface area contributed by atoms with Crippen LogP contribution in [0, 0.1) is 0 Å². The Labute approximate surface area is 175 Å². The highest BCUT2D eigenvalue weighted by Crippen LogP contribution is 2.21. The second-order valence-electron chi connectivity index (χ2n) is 7.14. The van der Waals surface area contributed by atoms with Crippen LogP contribution in [0.2, 0.25) is 0 Å². The van der Waals surface area contributed by atoms with Crippen LogP contribution in [0.5, 0.6) is 5.75 Å². The lowest BCUT2D eigenvalue weighted by molar-refractivity contribution is 0.128. The number of halogens is 1. The van der Waals surface area contributed by atoms with Crippen LogP contribution in [0.3, 0.4) is 0 Å². The van der Waals surface area contributed by atoms with Gasteiger partial charge in [0.1, 0.15) is 5.75 Å². The molecule has 0 aliphatic rings. The first-order valence-corrected chi connectivity index (χ1v) is 11.1. The van der Waals surface area contributed by atoms with Crippen LogP contribution < -0.4 is 4.74 Å². The molecule has 0 spiro atoms. The van der Waals surface area contributed by atoms with Gasteiger partial charge in [0.25, 0.3) is 0 Å². The molecule has 0 bridgehead atoms. The fourth-order valence-electron chi connectivity index (χ4n) is 2.91. The van der Waals surface area contributed by atoms with Crippen molar-refractivity contribution in [3.63, 3.8) is 0 Å². The Balaban J connectivity index is 1.73. The summed E-state index contributed by atoms with van der Waals surface area (Å²) in [7, 11) is 0. The van der Waals surface area contributed by atoms with Crippen LogP contribution in [0.4, 0.5) is 0 Å². The summed E-state index contributed by atoms with van der Waals surface area (Å²) in [6.45, 7) is 6.67. The largest absolute Gasteiger partial charge is 0.494 e. The molecule has 2 aromatic rings. The molecule has 1 unspecified atom stereocenters. The van der Waals surface area contributed by atoms with E-state index >= 15 is 0 Å². The number of unbranched alkanes of at least 4 members (excludes halogenated alkanes) is 2. The molecular weight excluding hydrogens is 370 g/mol. The highest BCUT2D eigenvalue weighted by atomic mass is 35.5. The van der Waals surface area contributed by atoms with Crippen molar-refractivity contribution in [2.45, 2.75) is 64.2 Å². The molecule has 28 heavy (non-hydrogen) atoms. The predicted octanol–water partition coefficient (Wildman–Crippen LogP) is 6.67. The smallest absolute Gasteiger partial charge is 0.119 e. The number of ether oxygens (including phenoxy) is 2. The summed E-state index contributed by atoms with van der Waals surface area (Å²) in [6.07, 6.45) is 9.53. The van der Waals surface area contributed by atoms with Gasteiger partial charge >= 0.3 is 0 Å². The number of hydrogen-bond donors (Lipinski definition) is 0. The minimum absolute atomic E-state index is 0.189. The molecule has 0 N–H and O–H groups in total. The lowest BCUT2D eigenvalue weighted by atomic mass is 10.1. The summed E-state index contributed by atoms with van der Waals surface area (Å²) in [5.74, 6) is 0.874. The van der Waals surface area contributed by atoms with Crippen molar-refractivity contribution in [1.82, 2.24) is 4.98 Å². The van der Waals surface area contributed by atoms with Crippen LogP contribution in [0.1, 0.15) is 57.9 Å². The average Bonchev–Trinajstić information content (AvgIpc) is 2.74. The third kappa shape index (κ3) is 8.62. The molecule has 3 nitrogen and oxygen atoms in total. The highest BCUT2D eigenvalue weighted by Gasteiger charge is 2.04. The zero-order valence-electron chi connectivity index (χ0n) is 17.3. The van der Waals surface area contributed by atoms with E-state index in [4.69, 9.17) is 21.1 Å². The number of aromatic nitrogens is 1. The lowest BCUT2D eigenvalue weighted by Gasteiger charge is -2.09. The molecule has 0 aliphatic heterocycles. The first-order valence-electron chi connectivity index (χ1n) is 10.6. The molecule has 4 heteroatoms. The van der Waals surface area contributed by atoms with E-state index in [9.17, 15) is 0 Å². The van der Waals surface area contributed by atoms with E-state index in [1.165, 1.54) is 24.8 Å². The maximum Gasteiger partial charge on any atom is 0.119 e. The van der Waals surface area contributed by atoms with Crippen molar-refractivity contribution in [1.29, 1.82) is 0 Å². The van der Waals surface area contributed by atoms with Gasteiger partial charge in [-0.05, 0) is 68.0 Å². The van der Waals surface area contributed by atoms with Gasteiger partial charge in [-0.2, -0.15) is 0 Å². The molecule has 0 amide bonds. The Hall–Kier alpha value is -1.58. The zero-order valence-corrected chi connectivity index (χ0v) is 18.1. The van der Waals surface area contributed by atoms with E-state index < -0.39 is 0 Å². The van der Waals surface area contributed by atoms with Crippen LogP contribution in [0.15, 0.2) is 42.6 Å². The quantitative estimate of drug-likeness (QED) is 0.260. The van der Waals surface area contributed by atoms with Crippen LogP contribution >= 0.6 is 11.6 Å². The molecule has 154 valence electrons. The SMILES string of the molecule is CCCCCOCCCc1ccc(-c2ccc(OCCC(Cl)CC)cc2)nc1. The maximum absolute atomic E-state index is 6.12. The summed E-state index contributed by atoms with van der Waals surface area (Å²) in [5, 5.41) is 0.189. The van der Waals surface area contributed by atoms with Crippen molar-refractivity contribution in [2.24, 2.45) is 0 Å². The number of rotatable bonds is 14. The van der Waals surface area contributed by atoms with Gasteiger partial charge in [-0.1, -0.05) is 32.8 Å². The molecule has 0 fully saturated rings. The number of alkyl halides is 1. The van der Waals surface area contributed by atoms with E-state index in [0.717, 1.165) is 55.9 Å². The maximum atomic E-state index is 6.12. The standard InChI is InChI=1S/C24H34ClNO2/c1-3-5-6-16-27-17-7-8-20-9-14-24(26-19-20)21-10-12-23(13-11-21)28-18-15-22(25)4-2/h9-14,19,22H,3-8,15-18H2,1-2H3. The summed E-state index contributed by atoms with van der Waals surface area (Å²) < 4.78 is 11.4. The van der Waals surface area contributed by atoms with E-state index in [2.05, 4.69) is 43.1 Å². The lowest BCUT2D eigenvalue weighted by Crippen LogP contribution is -2.05. The molecule has 1 heterocycles. The number of aryl methyl sites for hydroxylation is 1. The zero-order chi connectivity index (χ0) is 20.0. The second-order valence-corrected chi connectivity index (χ2v) is 7.76. The Morgan fingerprint density at radius 2 is 1.71 bits per heavy atom. The van der Waals surface area contributed by atoms with Gasteiger partial charge in [0.05, 0.1) is 12.3 Å². The minimum Gasteiger partial charge on any atom is -0.494 e. The van der Waals surface area contributed by atoms with Crippen molar-refractivity contribution in [3.8, 4) is 17.0 Å². The molecule has 1 aromatic heterocycles. The normalized spacial score (nSPS) is 12.1. The Bertz CT molecular complexity index is 643. The predicted molar refractivity (Wildman–Crippen MR) is 118 cm³/mol. The molecule has 0 saturated carbocycles. The topological polar surface area (TPSA) is 31.4 Å². The third-order valence-corrected chi connectivity index (χ3v) is 5.29. The number of pyridine rings is 1. The molecule has 0 radical (unpaired) electrons. The molecular formula is C24H34ClNO2. The van der Waals surface area contributed by atoms with Crippen LogP contribution in [0.25, 0.3) is 11.3 Å². The van der Waals surface area contributed by atoms with Gasteiger partial charge in [-0.15, -0.1) is 11.6 Å². The fourth-order valence-corrected chi connectivity index (χ4v) is 3.00. The molecule has 1 atom stereocenters. The second kappa shape index (κ2) is 13.6. The van der Waals surface area contributed by atoms with Gasteiger partial charge in [-0.3, -0.25) is 4.98 Å². The fraction of sp³-hybridized carbons (Fsp3) is 0.542. The monoisotopic (exact) mass is 403 g/mol. The first-order chi connectivity index (χ1) is 13.7. The summed E-state index contributed by atoms with van der Waals surface area (Å²) >= 11 is 6.12. The Kier molecular flexibility index (Phi) is 11.0. The Morgan fingerprint density at radius 1 is 0.929 bits per heavy atom. The summed E-state index contributed by atoms with van der Waals surface area (Å²) in [4.78, 5) is 4.62. The van der Waals surface area contributed by atoms with Crippen molar-refractivity contribution < 1.29 is 9.47 Å². The number of hydrogen-bond acceptors (Lipinski definition) is 3. The first kappa shape index (κ1) is 22.7. The summed E-state index contributed by atoms with van der Waals surface area (Å²) in [6, 6.07) is 12.4. The van der Waals surface area contributed by atoms with Gasteiger partial charge in [0.2, 0.25) is 0 Å². The van der Waals surface area contributed by atoms with Gasteiger partial charge < -0.3 is 9.47 Å². The molecule has 2 rings (SSSR count). The van der Waals surface area contributed by atoms with Crippen molar-refractivity contribution in [2.75, 3.05) is 19.8 Å². The van der Waals surface area contributed by atoms with E-state index in [0.29, 0.717) is 6.61 Å². The van der Waals surface area contributed by atoms with Crippen molar-refractivity contribution in [3.05, 3.63) is 48.2 Å². The van der Waals surface area contributed by atoms with Crippen LogP contribution in [-0.2, 0) is 11.2 Å². The molecule has 1 aromatic carbocycles. The van der Waals surface area contributed by atoms with Gasteiger partial charge in [-0.25, -0.2) is 0 Å². The van der Waals surface area contributed by atoms with E-state index in [-0.39, 0.29) is 5.38 Å². The van der Waals surface area contributed by atoms with Crippen LogP contribution in [-0.4, -0.2) is 30.2 Å². The summed E-state index contributed by atoms with van der Waals surface area (Å²) in [5.41, 5.74) is 3.34. The van der Waals surface area contributed by atoms with Gasteiger partial charge in [0.15, 0.2) is 0 Å². The van der Waals surface area contributed by atoms with E-state index in [1.54, 1.807) is 0 Å². The average molecular weight is 404 g/mol. The highest BCUT2D eigenvalue weighted by molar-refractivity contribution is 6.20. The Morgan fingerprint density at radius 3 is 2.39 bits per heavy atom. The number of nitrogens with zero attached hydrogens (tertiary/aromatic N) is 1. The number of benzene rings is 1. The van der Waals surface area contributed by atoms with Crippen molar-refractivity contribution >= 4 is 11.6 Å².